The number of fused-ring (bicyclic) bond motifs is 1. The van der Waals surface area contributed by atoms with Crippen LogP contribution in [0.4, 0.5) is 0 Å². The summed E-state index contributed by atoms with van der Waals surface area (Å²) < 4.78 is 5.51. The van der Waals surface area contributed by atoms with E-state index in [1.165, 1.54) is 10.9 Å². The van der Waals surface area contributed by atoms with Crippen LogP contribution in [0.25, 0.3) is 10.9 Å². The molecule has 1 atom stereocenters. The summed E-state index contributed by atoms with van der Waals surface area (Å²) in [7, 11) is 0. The van der Waals surface area contributed by atoms with Crippen LogP contribution in [0.5, 0.6) is 0 Å². The summed E-state index contributed by atoms with van der Waals surface area (Å²) in [6.07, 6.45) is 0. The Morgan fingerprint density at radius 3 is 2.89 bits per heavy atom. The highest BCUT2D eigenvalue weighted by Gasteiger charge is 2.04. The van der Waals surface area contributed by atoms with E-state index in [0.29, 0.717) is 19.8 Å². The molecule has 0 spiro atoms. The van der Waals surface area contributed by atoms with Crippen molar-refractivity contribution in [2.75, 3.05) is 13.2 Å². The van der Waals surface area contributed by atoms with E-state index in [2.05, 4.69) is 24.0 Å². The average molecular weight is 245 g/mol. The lowest BCUT2D eigenvalue weighted by molar-refractivity contribution is 0.107. The number of hydrogen-bond donors (Lipinski definition) is 2. The van der Waals surface area contributed by atoms with Crippen molar-refractivity contribution < 1.29 is 4.74 Å². The largest absolute Gasteiger partial charge is 0.373 e. The van der Waals surface area contributed by atoms with Crippen molar-refractivity contribution in [3.8, 4) is 0 Å². The third kappa shape index (κ3) is 3.04. The third-order valence-electron chi connectivity index (χ3n) is 2.86. The van der Waals surface area contributed by atoms with Gasteiger partial charge in [-0.2, -0.15) is 0 Å². The standard InChI is InChI=1S/C14H19N3O/c1-10-6-12(9-18-8-11(16)7-15)17-14-5-3-2-4-13(10)14/h2-6,11H,7-9,15-16H2,1H3/t11-/m0/s1. The van der Waals surface area contributed by atoms with Crippen LogP contribution in [0.2, 0.25) is 0 Å². The summed E-state index contributed by atoms with van der Waals surface area (Å²) >= 11 is 0. The van der Waals surface area contributed by atoms with E-state index in [1.54, 1.807) is 0 Å². The van der Waals surface area contributed by atoms with Gasteiger partial charge in [0.1, 0.15) is 0 Å². The van der Waals surface area contributed by atoms with Gasteiger partial charge < -0.3 is 16.2 Å². The Bertz CT molecular complexity index is 527. The molecule has 18 heavy (non-hydrogen) atoms. The molecule has 4 nitrogen and oxygen atoms in total. The van der Waals surface area contributed by atoms with Crippen molar-refractivity contribution in [1.82, 2.24) is 4.98 Å². The van der Waals surface area contributed by atoms with Gasteiger partial charge in [0.25, 0.3) is 0 Å². The van der Waals surface area contributed by atoms with Gasteiger partial charge in [-0.05, 0) is 24.6 Å². The molecule has 0 saturated heterocycles. The molecule has 1 aromatic carbocycles. The molecule has 0 aliphatic rings. The molecule has 4 heteroatoms. The molecule has 1 heterocycles. The van der Waals surface area contributed by atoms with E-state index in [-0.39, 0.29) is 6.04 Å². The molecule has 0 unspecified atom stereocenters. The lowest BCUT2D eigenvalue weighted by Crippen LogP contribution is -2.34. The number of rotatable bonds is 5. The van der Waals surface area contributed by atoms with Crippen molar-refractivity contribution >= 4 is 10.9 Å². The monoisotopic (exact) mass is 245 g/mol. The smallest absolute Gasteiger partial charge is 0.0889 e. The quantitative estimate of drug-likeness (QED) is 0.833. The minimum atomic E-state index is -0.105. The van der Waals surface area contributed by atoms with Gasteiger partial charge in [-0.1, -0.05) is 18.2 Å². The van der Waals surface area contributed by atoms with E-state index in [9.17, 15) is 0 Å². The molecule has 1 aromatic heterocycles. The molecule has 0 saturated carbocycles. The van der Waals surface area contributed by atoms with Gasteiger partial charge in [-0.25, -0.2) is 0 Å². The summed E-state index contributed by atoms with van der Waals surface area (Å²) in [5.74, 6) is 0. The summed E-state index contributed by atoms with van der Waals surface area (Å²) in [6, 6.07) is 10.0. The number of aryl methyl sites for hydroxylation is 1. The zero-order valence-electron chi connectivity index (χ0n) is 10.6. The number of hydrogen-bond acceptors (Lipinski definition) is 4. The Hall–Kier alpha value is -1.49. The summed E-state index contributed by atoms with van der Waals surface area (Å²) in [5.41, 5.74) is 14.3. The first-order chi connectivity index (χ1) is 8.70. The fourth-order valence-corrected chi connectivity index (χ4v) is 1.88. The Labute approximate surface area is 107 Å². The van der Waals surface area contributed by atoms with Crippen LogP contribution in [0.15, 0.2) is 30.3 Å². The van der Waals surface area contributed by atoms with Gasteiger partial charge in [0.05, 0.1) is 24.4 Å². The maximum Gasteiger partial charge on any atom is 0.0889 e. The van der Waals surface area contributed by atoms with Crippen molar-refractivity contribution in [1.29, 1.82) is 0 Å². The predicted molar refractivity (Wildman–Crippen MR) is 73.2 cm³/mol. The van der Waals surface area contributed by atoms with Crippen molar-refractivity contribution in [3.63, 3.8) is 0 Å². The molecular weight excluding hydrogens is 226 g/mol. The number of nitrogens with zero attached hydrogens (tertiary/aromatic N) is 1. The third-order valence-corrected chi connectivity index (χ3v) is 2.86. The van der Waals surface area contributed by atoms with Crippen molar-refractivity contribution in [2.24, 2.45) is 11.5 Å². The zero-order valence-corrected chi connectivity index (χ0v) is 10.6. The average Bonchev–Trinajstić information content (AvgIpc) is 2.38. The second-order valence-electron chi connectivity index (χ2n) is 4.46. The molecule has 0 amide bonds. The van der Waals surface area contributed by atoms with E-state index in [1.807, 2.05) is 18.2 Å². The molecule has 96 valence electrons. The van der Waals surface area contributed by atoms with Crippen LogP contribution in [0, 0.1) is 6.92 Å². The highest BCUT2D eigenvalue weighted by atomic mass is 16.5. The maximum absolute atomic E-state index is 5.69. The second kappa shape index (κ2) is 5.91. The van der Waals surface area contributed by atoms with Crippen LogP contribution in [0.3, 0.4) is 0 Å². The first kappa shape index (κ1) is 13.0. The molecule has 2 rings (SSSR count). The molecule has 0 bridgehead atoms. The van der Waals surface area contributed by atoms with Crippen LogP contribution >= 0.6 is 0 Å². The summed E-state index contributed by atoms with van der Waals surface area (Å²) in [5, 5.41) is 1.18. The van der Waals surface area contributed by atoms with Crippen LogP contribution in [0.1, 0.15) is 11.3 Å². The van der Waals surface area contributed by atoms with E-state index < -0.39 is 0 Å². The Balaban J connectivity index is 2.10. The predicted octanol–water partition coefficient (Wildman–Crippen LogP) is 1.35. The minimum Gasteiger partial charge on any atom is -0.373 e. The number of pyridine rings is 1. The molecular formula is C14H19N3O. The summed E-state index contributed by atoms with van der Waals surface area (Å²) in [6.45, 7) is 3.45. The normalized spacial score (nSPS) is 12.8. The number of nitrogens with two attached hydrogens (primary N) is 2. The van der Waals surface area contributed by atoms with Gasteiger partial charge in [0.15, 0.2) is 0 Å². The van der Waals surface area contributed by atoms with Crippen LogP contribution in [-0.4, -0.2) is 24.2 Å². The number of para-hydroxylation sites is 1. The number of ether oxygens (including phenoxy) is 1. The van der Waals surface area contributed by atoms with Crippen LogP contribution < -0.4 is 11.5 Å². The number of benzene rings is 1. The number of aromatic nitrogens is 1. The Kier molecular flexibility index (Phi) is 4.25. The molecule has 2 aromatic rings. The van der Waals surface area contributed by atoms with E-state index in [4.69, 9.17) is 16.2 Å². The molecule has 0 radical (unpaired) electrons. The maximum atomic E-state index is 5.69. The molecule has 0 aliphatic carbocycles. The molecule has 4 N–H and O–H groups in total. The Morgan fingerprint density at radius 1 is 1.33 bits per heavy atom. The van der Waals surface area contributed by atoms with Gasteiger partial charge in [0.2, 0.25) is 0 Å². The minimum absolute atomic E-state index is 0.105. The first-order valence-electron chi connectivity index (χ1n) is 6.09. The van der Waals surface area contributed by atoms with Gasteiger partial charge in [-0.3, -0.25) is 4.98 Å². The highest BCUT2D eigenvalue weighted by molar-refractivity contribution is 5.81. The SMILES string of the molecule is Cc1cc(COC[C@@H](N)CN)nc2ccccc12. The van der Waals surface area contributed by atoms with Crippen molar-refractivity contribution in [3.05, 3.63) is 41.6 Å². The van der Waals surface area contributed by atoms with Gasteiger partial charge >= 0.3 is 0 Å². The summed E-state index contributed by atoms with van der Waals surface area (Å²) in [4.78, 5) is 4.56. The van der Waals surface area contributed by atoms with E-state index in [0.717, 1.165) is 11.2 Å². The van der Waals surface area contributed by atoms with Crippen LogP contribution in [-0.2, 0) is 11.3 Å². The highest BCUT2D eigenvalue weighted by Crippen LogP contribution is 2.17. The topological polar surface area (TPSA) is 74.2 Å². The van der Waals surface area contributed by atoms with Gasteiger partial charge in [0, 0.05) is 18.0 Å². The lowest BCUT2D eigenvalue weighted by atomic mass is 10.1. The Morgan fingerprint density at radius 2 is 2.11 bits per heavy atom. The molecule has 0 aliphatic heterocycles. The zero-order chi connectivity index (χ0) is 13.0. The van der Waals surface area contributed by atoms with Crippen molar-refractivity contribution in [2.45, 2.75) is 19.6 Å². The fraction of sp³-hybridized carbons (Fsp3) is 0.357. The lowest BCUT2D eigenvalue weighted by Gasteiger charge is -2.10. The van der Waals surface area contributed by atoms with Gasteiger partial charge in [-0.15, -0.1) is 0 Å². The fourth-order valence-electron chi connectivity index (χ4n) is 1.88. The second-order valence-corrected chi connectivity index (χ2v) is 4.46. The molecule has 0 fully saturated rings. The van der Waals surface area contributed by atoms with E-state index >= 15 is 0 Å². The first-order valence-corrected chi connectivity index (χ1v) is 6.09.